The average molecular weight is 250 g/mol. The van der Waals surface area contributed by atoms with Gasteiger partial charge < -0.3 is 15.4 Å². The van der Waals surface area contributed by atoms with E-state index in [1.807, 2.05) is 0 Å². The number of hydrogen-bond acceptors (Lipinski definition) is 3. The monoisotopic (exact) mass is 250 g/mol. The Hall–Kier alpha value is -0.750. The first-order valence-corrected chi connectivity index (χ1v) is 5.97. The van der Waals surface area contributed by atoms with Gasteiger partial charge in [-0.25, -0.2) is 8.78 Å². The molecule has 1 aliphatic rings. The van der Waals surface area contributed by atoms with Crippen LogP contribution in [0, 0.1) is 5.92 Å². The summed E-state index contributed by atoms with van der Waals surface area (Å²) in [5.74, 6) is 0.490. The Morgan fingerprint density at radius 2 is 2.06 bits per heavy atom. The standard InChI is InChI=1S/C11H20F2N2O2/c12-10(13)8-17-6-3-11(16)15-4-1-9(7-14)2-5-15/h9-10H,1-8,14H2. The fourth-order valence-electron chi connectivity index (χ4n) is 1.91. The van der Waals surface area contributed by atoms with E-state index >= 15 is 0 Å². The van der Waals surface area contributed by atoms with Crippen LogP contribution in [0.5, 0.6) is 0 Å². The number of carbonyl (C=O) groups excluding carboxylic acids is 1. The molecule has 0 aromatic heterocycles. The van der Waals surface area contributed by atoms with Crippen molar-refractivity contribution in [3.8, 4) is 0 Å². The van der Waals surface area contributed by atoms with E-state index in [1.54, 1.807) is 4.90 Å². The molecule has 1 amide bonds. The van der Waals surface area contributed by atoms with Crippen molar-refractivity contribution in [3.05, 3.63) is 0 Å². The van der Waals surface area contributed by atoms with Crippen LogP contribution < -0.4 is 5.73 Å². The van der Waals surface area contributed by atoms with Crippen LogP contribution in [0.3, 0.4) is 0 Å². The van der Waals surface area contributed by atoms with Crippen LogP contribution in [-0.2, 0) is 9.53 Å². The van der Waals surface area contributed by atoms with Gasteiger partial charge in [-0.1, -0.05) is 0 Å². The third-order valence-corrected chi connectivity index (χ3v) is 3.00. The van der Waals surface area contributed by atoms with Gasteiger partial charge >= 0.3 is 0 Å². The summed E-state index contributed by atoms with van der Waals surface area (Å²) in [5.41, 5.74) is 5.56. The Morgan fingerprint density at radius 1 is 1.41 bits per heavy atom. The summed E-state index contributed by atoms with van der Waals surface area (Å²) >= 11 is 0. The zero-order chi connectivity index (χ0) is 12.7. The predicted molar refractivity (Wildman–Crippen MR) is 59.8 cm³/mol. The fraction of sp³-hybridized carbons (Fsp3) is 0.909. The maximum Gasteiger partial charge on any atom is 0.261 e. The SMILES string of the molecule is NCC1CCN(C(=O)CCOCC(F)F)CC1. The number of ether oxygens (including phenoxy) is 1. The van der Waals surface area contributed by atoms with E-state index in [-0.39, 0.29) is 18.9 Å². The molecule has 0 aromatic carbocycles. The van der Waals surface area contributed by atoms with Crippen molar-refractivity contribution in [2.75, 3.05) is 32.8 Å². The van der Waals surface area contributed by atoms with Crippen LogP contribution in [0.1, 0.15) is 19.3 Å². The summed E-state index contributed by atoms with van der Waals surface area (Å²) in [6.07, 6.45) is -0.425. The Balaban J connectivity index is 2.12. The summed E-state index contributed by atoms with van der Waals surface area (Å²) in [6, 6.07) is 0. The number of amides is 1. The second-order valence-corrected chi connectivity index (χ2v) is 4.28. The number of nitrogens with zero attached hydrogens (tertiary/aromatic N) is 1. The van der Waals surface area contributed by atoms with Gasteiger partial charge in [0.1, 0.15) is 6.61 Å². The van der Waals surface area contributed by atoms with Crippen molar-refractivity contribution < 1.29 is 18.3 Å². The first-order valence-electron chi connectivity index (χ1n) is 5.97. The van der Waals surface area contributed by atoms with Gasteiger partial charge in [0.25, 0.3) is 6.43 Å². The lowest BCUT2D eigenvalue weighted by atomic mass is 9.97. The molecule has 1 fully saturated rings. The second-order valence-electron chi connectivity index (χ2n) is 4.28. The normalized spacial score (nSPS) is 17.8. The topological polar surface area (TPSA) is 55.6 Å². The first kappa shape index (κ1) is 14.3. The number of carbonyl (C=O) groups is 1. The van der Waals surface area contributed by atoms with Gasteiger partial charge in [0.2, 0.25) is 5.91 Å². The number of alkyl halides is 2. The lowest BCUT2D eigenvalue weighted by Gasteiger charge is -2.31. The molecule has 0 radical (unpaired) electrons. The second kappa shape index (κ2) is 7.55. The molecular weight excluding hydrogens is 230 g/mol. The van der Waals surface area contributed by atoms with E-state index in [2.05, 4.69) is 4.74 Å². The highest BCUT2D eigenvalue weighted by Crippen LogP contribution is 2.16. The van der Waals surface area contributed by atoms with Gasteiger partial charge in [-0.2, -0.15) is 0 Å². The molecule has 0 spiro atoms. The molecule has 1 heterocycles. The van der Waals surface area contributed by atoms with E-state index in [1.165, 1.54) is 0 Å². The van der Waals surface area contributed by atoms with Crippen LogP contribution in [0.4, 0.5) is 8.78 Å². The van der Waals surface area contributed by atoms with E-state index < -0.39 is 13.0 Å². The molecule has 1 saturated heterocycles. The summed E-state index contributed by atoms with van der Waals surface area (Å²) in [5, 5.41) is 0. The molecule has 0 atom stereocenters. The Kier molecular flexibility index (Phi) is 6.36. The van der Waals surface area contributed by atoms with Crippen LogP contribution in [0.2, 0.25) is 0 Å². The maximum absolute atomic E-state index is 11.8. The Bertz CT molecular complexity index is 232. The Labute approximate surface area is 100 Å². The summed E-state index contributed by atoms with van der Waals surface area (Å²) in [4.78, 5) is 13.4. The summed E-state index contributed by atoms with van der Waals surface area (Å²) in [6.45, 7) is 1.58. The lowest BCUT2D eigenvalue weighted by molar-refractivity contribution is -0.134. The third-order valence-electron chi connectivity index (χ3n) is 3.00. The molecule has 4 nitrogen and oxygen atoms in total. The minimum Gasteiger partial charge on any atom is -0.375 e. The molecule has 1 aliphatic heterocycles. The summed E-state index contributed by atoms with van der Waals surface area (Å²) in [7, 11) is 0. The van der Waals surface area contributed by atoms with Crippen molar-refractivity contribution in [1.29, 1.82) is 0 Å². The highest BCUT2D eigenvalue weighted by atomic mass is 19.3. The molecular formula is C11H20F2N2O2. The number of piperidine rings is 1. The molecule has 0 aromatic rings. The molecule has 100 valence electrons. The molecule has 0 aliphatic carbocycles. The quantitative estimate of drug-likeness (QED) is 0.711. The number of rotatable bonds is 6. The van der Waals surface area contributed by atoms with E-state index in [4.69, 9.17) is 5.73 Å². The van der Waals surface area contributed by atoms with Crippen molar-refractivity contribution >= 4 is 5.91 Å². The van der Waals surface area contributed by atoms with Crippen molar-refractivity contribution in [1.82, 2.24) is 4.90 Å². The maximum atomic E-state index is 11.8. The van der Waals surface area contributed by atoms with Gasteiger partial charge in [0.05, 0.1) is 13.0 Å². The van der Waals surface area contributed by atoms with Gasteiger partial charge in [0.15, 0.2) is 0 Å². The smallest absolute Gasteiger partial charge is 0.261 e. The van der Waals surface area contributed by atoms with Crippen LogP contribution >= 0.6 is 0 Å². The highest BCUT2D eigenvalue weighted by molar-refractivity contribution is 5.76. The van der Waals surface area contributed by atoms with Gasteiger partial charge in [-0.05, 0) is 25.3 Å². The van der Waals surface area contributed by atoms with E-state index in [9.17, 15) is 13.6 Å². The van der Waals surface area contributed by atoms with Gasteiger partial charge in [-0.15, -0.1) is 0 Å². The lowest BCUT2D eigenvalue weighted by Crippen LogP contribution is -2.40. The minimum absolute atomic E-state index is 0.0188. The fourth-order valence-corrected chi connectivity index (χ4v) is 1.91. The molecule has 17 heavy (non-hydrogen) atoms. The Morgan fingerprint density at radius 3 is 2.59 bits per heavy atom. The van der Waals surface area contributed by atoms with Crippen LogP contribution in [-0.4, -0.2) is 50.1 Å². The van der Waals surface area contributed by atoms with Crippen molar-refractivity contribution in [3.63, 3.8) is 0 Å². The number of likely N-dealkylation sites (tertiary alicyclic amines) is 1. The van der Waals surface area contributed by atoms with Gasteiger partial charge in [-0.3, -0.25) is 4.79 Å². The molecule has 6 heteroatoms. The van der Waals surface area contributed by atoms with Crippen LogP contribution in [0.15, 0.2) is 0 Å². The van der Waals surface area contributed by atoms with E-state index in [0.717, 1.165) is 25.9 Å². The predicted octanol–water partition coefficient (Wildman–Crippen LogP) is 0.855. The number of hydrogen-bond donors (Lipinski definition) is 1. The van der Waals surface area contributed by atoms with Crippen molar-refractivity contribution in [2.24, 2.45) is 11.7 Å². The summed E-state index contributed by atoms with van der Waals surface area (Å²) < 4.78 is 28.2. The number of nitrogens with two attached hydrogens (primary N) is 1. The molecule has 2 N–H and O–H groups in total. The molecule has 0 unspecified atom stereocenters. The van der Waals surface area contributed by atoms with Gasteiger partial charge in [0, 0.05) is 13.1 Å². The first-order chi connectivity index (χ1) is 8.13. The van der Waals surface area contributed by atoms with Crippen LogP contribution in [0.25, 0.3) is 0 Å². The van der Waals surface area contributed by atoms with E-state index in [0.29, 0.717) is 12.5 Å². The number of halogens is 2. The largest absolute Gasteiger partial charge is 0.375 e. The average Bonchev–Trinajstić information content (AvgIpc) is 2.34. The molecule has 0 bridgehead atoms. The molecule has 1 rings (SSSR count). The third kappa shape index (κ3) is 5.41. The zero-order valence-corrected chi connectivity index (χ0v) is 9.91. The van der Waals surface area contributed by atoms with Crippen molar-refractivity contribution in [2.45, 2.75) is 25.7 Å². The zero-order valence-electron chi connectivity index (χ0n) is 9.91. The highest BCUT2D eigenvalue weighted by Gasteiger charge is 2.21. The molecule has 0 saturated carbocycles. The minimum atomic E-state index is -2.47.